The molecular weight excluding hydrogens is 402 g/mol. The largest absolute Gasteiger partial charge is 0.369 e. The highest BCUT2D eigenvalue weighted by Crippen LogP contribution is 2.39. The number of carbonyl (C=O) groups excluding carboxylic acids is 3. The maximum atomic E-state index is 12.9. The quantitative estimate of drug-likeness (QED) is 0.764. The normalized spacial score (nSPS) is 23.8. The molecule has 1 aromatic rings. The SMILES string of the molecule is CC(=O)N1CCC[C@@H](c2ccccc2CC2(C(N)=O)CCN(C(=O)C3CCCC3)CC2)C1. The fourth-order valence-corrected chi connectivity index (χ4v) is 6.07. The highest BCUT2D eigenvalue weighted by atomic mass is 16.2. The number of nitrogens with two attached hydrogens (primary N) is 1. The van der Waals surface area contributed by atoms with Gasteiger partial charge in [-0.2, -0.15) is 0 Å². The van der Waals surface area contributed by atoms with E-state index in [9.17, 15) is 14.4 Å². The number of nitrogens with zero attached hydrogens (tertiary/aromatic N) is 2. The van der Waals surface area contributed by atoms with Crippen LogP contribution in [0.4, 0.5) is 0 Å². The van der Waals surface area contributed by atoms with Crippen LogP contribution in [0, 0.1) is 11.3 Å². The zero-order chi connectivity index (χ0) is 22.7. The maximum absolute atomic E-state index is 12.9. The lowest BCUT2D eigenvalue weighted by atomic mass is 9.71. The number of likely N-dealkylation sites (tertiary alicyclic amines) is 2. The molecule has 1 aromatic carbocycles. The Balaban J connectivity index is 1.49. The zero-order valence-electron chi connectivity index (χ0n) is 19.4. The molecule has 0 unspecified atom stereocenters. The summed E-state index contributed by atoms with van der Waals surface area (Å²) in [6.45, 7) is 4.42. The summed E-state index contributed by atoms with van der Waals surface area (Å²) >= 11 is 0. The fraction of sp³-hybridized carbons (Fsp3) is 0.654. The molecule has 2 N–H and O–H groups in total. The molecule has 1 aliphatic carbocycles. The van der Waals surface area contributed by atoms with E-state index in [0.717, 1.165) is 57.2 Å². The van der Waals surface area contributed by atoms with Crippen LogP contribution in [-0.4, -0.2) is 53.7 Å². The Hall–Kier alpha value is -2.37. The van der Waals surface area contributed by atoms with Crippen molar-refractivity contribution in [1.82, 2.24) is 9.80 Å². The second-order valence-electron chi connectivity index (χ2n) is 10.1. The summed E-state index contributed by atoms with van der Waals surface area (Å²) in [5.41, 5.74) is 7.78. The number of piperidine rings is 2. The summed E-state index contributed by atoms with van der Waals surface area (Å²) in [6.07, 6.45) is 8.21. The average molecular weight is 440 g/mol. The van der Waals surface area contributed by atoms with Crippen LogP contribution in [0.3, 0.4) is 0 Å². The molecule has 3 amide bonds. The first-order chi connectivity index (χ1) is 15.4. The fourth-order valence-electron chi connectivity index (χ4n) is 6.07. The minimum Gasteiger partial charge on any atom is -0.369 e. The zero-order valence-corrected chi connectivity index (χ0v) is 19.4. The molecule has 0 radical (unpaired) electrons. The van der Waals surface area contributed by atoms with Crippen LogP contribution >= 0.6 is 0 Å². The van der Waals surface area contributed by atoms with Crippen LogP contribution < -0.4 is 5.73 Å². The van der Waals surface area contributed by atoms with Gasteiger partial charge in [0.15, 0.2) is 0 Å². The highest BCUT2D eigenvalue weighted by molar-refractivity contribution is 5.83. The molecule has 32 heavy (non-hydrogen) atoms. The Morgan fingerprint density at radius 1 is 0.969 bits per heavy atom. The second kappa shape index (κ2) is 9.63. The number of hydrogen-bond acceptors (Lipinski definition) is 3. The van der Waals surface area contributed by atoms with E-state index in [2.05, 4.69) is 12.1 Å². The van der Waals surface area contributed by atoms with E-state index in [1.54, 1.807) is 6.92 Å². The third kappa shape index (κ3) is 4.69. The van der Waals surface area contributed by atoms with Crippen LogP contribution in [0.1, 0.15) is 75.3 Å². The van der Waals surface area contributed by atoms with E-state index < -0.39 is 5.41 Å². The van der Waals surface area contributed by atoms with E-state index in [4.69, 9.17) is 5.73 Å². The molecule has 6 heteroatoms. The van der Waals surface area contributed by atoms with Crippen molar-refractivity contribution in [2.24, 2.45) is 17.1 Å². The van der Waals surface area contributed by atoms with E-state index in [-0.39, 0.29) is 29.6 Å². The van der Waals surface area contributed by atoms with Crippen molar-refractivity contribution in [3.05, 3.63) is 35.4 Å². The van der Waals surface area contributed by atoms with Gasteiger partial charge in [-0.05, 0) is 56.1 Å². The molecule has 2 heterocycles. The lowest BCUT2D eigenvalue weighted by molar-refractivity contribution is -0.141. The van der Waals surface area contributed by atoms with Crippen molar-refractivity contribution in [3.63, 3.8) is 0 Å². The molecule has 4 rings (SSSR count). The maximum Gasteiger partial charge on any atom is 0.225 e. The van der Waals surface area contributed by atoms with Gasteiger partial charge < -0.3 is 15.5 Å². The second-order valence-corrected chi connectivity index (χ2v) is 10.1. The Kier molecular flexibility index (Phi) is 6.87. The van der Waals surface area contributed by atoms with Crippen molar-refractivity contribution in [3.8, 4) is 0 Å². The van der Waals surface area contributed by atoms with Gasteiger partial charge >= 0.3 is 0 Å². The van der Waals surface area contributed by atoms with Gasteiger partial charge in [-0.25, -0.2) is 0 Å². The van der Waals surface area contributed by atoms with Gasteiger partial charge in [0.1, 0.15) is 0 Å². The predicted molar refractivity (Wildman–Crippen MR) is 124 cm³/mol. The van der Waals surface area contributed by atoms with Gasteiger partial charge in [0.05, 0.1) is 5.41 Å². The summed E-state index contributed by atoms with van der Waals surface area (Å²) in [5, 5.41) is 0. The summed E-state index contributed by atoms with van der Waals surface area (Å²) in [5.74, 6) is 0.604. The van der Waals surface area contributed by atoms with Crippen LogP contribution in [-0.2, 0) is 20.8 Å². The van der Waals surface area contributed by atoms with Crippen molar-refractivity contribution in [1.29, 1.82) is 0 Å². The smallest absolute Gasteiger partial charge is 0.225 e. The van der Waals surface area contributed by atoms with Crippen LogP contribution in [0.2, 0.25) is 0 Å². The Labute approximate surface area is 191 Å². The van der Waals surface area contributed by atoms with Crippen LogP contribution in [0.5, 0.6) is 0 Å². The molecule has 6 nitrogen and oxygen atoms in total. The van der Waals surface area contributed by atoms with E-state index in [0.29, 0.717) is 32.4 Å². The topological polar surface area (TPSA) is 83.7 Å². The average Bonchev–Trinajstić information content (AvgIpc) is 3.34. The van der Waals surface area contributed by atoms with Gasteiger partial charge in [-0.3, -0.25) is 14.4 Å². The Bertz CT molecular complexity index is 854. The van der Waals surface area contributed by atoms with Crippen molar-refractivity contribution in [2.45, 2.75) is 70.6 Å². The van der Waals surface area contributed by atoms with E-state index in [1.165, 1.54) is 5.56 Å². The lowest BCUT2D eigenvalue weighted by Crippen LogP contribution is -2.51. The summed E-state index contributed by atoms with van der Waals surface area (Å²) in [4.78, 5) is 41.4. The minimum absolute atomic E-state index is 0.125. The molecule has 1 atom stereocenters. The van der Waals surface area contributed by atoms with Gasteiger partial charge in [-0.1, -0.05) is 37.1 Å². The van der Waals surface area contributed by atoms with E-state index >= 15 is 0 Å². The first kappa shape index (κ1) is 22.8. The molecule has 0 spiro atoms. The third-order valence-corrected chi connectivity index (χ3v) is 8.15. The molecule has 3 aliphatic rings. The Morgan fingerprint density at radius 2 is 1.66 bits per heavy atom. The van der Waals surface area contributed by atoms with Crippen molar-refractivity contribution >= 4 is 17.7 Å². The monoisotopic (exact) mass is 439 g/mol. The first-order valence-electron chi connectivity index (χ1n) is 12.3. The summed E-state index contributed by atoms with van der Waals surface area (Å²) in [7, 11) is 0. The Morgan fingerprint density at radius 3 is 2.31 bits per heavy atom. The molecule has 1 saturated carbocycles. The first-order valence-corrected chi connectivity index (χ1v) is 12.3. The molecule has 2 aliphatic heterocycles. The van der Waals surface area contributed by atoms with Crippen molar-refractivity contribution in [2.75, 3.05) is 26.2 Å². The number of rotatable bonds is 5. The predicted octanol–water partition coefficient (Wildman–Crippen LogP) is 3.24. The van der Waals surface area contributed by atoms with Gasteiger partial charge in [0, 0.05) is 44.9 Å². The number of hydrogen-bond donors (Lipinski definition) is 1. The standard InChI is InChI=1S/C26H37N3O3/c1-19(30)29-14-6-10-22(18-29)23-11-5-4-9-21(23)17-26(25(27)32)12-15-28(16-13-26)24(31)20-7-2-3-8-20/h4-5,9,11,20,22H,2-3,6-8,10,12-18H2,1H3,(H2,27,32)/t22-/m1/s1. The molecule has 0 bridgehead atoms. The molecular formula is C26H37N3O3. The molecule has 3 fully saturated rings. The van der Waals surface area contributed by atoms with Gasteiger partial charge in [-0.15, -0.1) is 0 Å². The number of carbonyl (C=O) groups is 3. The molecule has 2 saturated heterocycles. The lowest BCUT2D eigenvalue weighted by Gasteiger charge is -2.41. The van der Waals surface area contributed by atoms with Crippen molar-refractivity contribution < 1.29 is 14.4 Å². The van der Waals surface area contributed by atoms with E-state index in [1.807, 2.05) is 21.9 Å². The number of primary amides is 1. The van der Waals surface area contributed by atoms with Gasteiger partial charge in [0.2, 0.25) is 17.7 Å². The summed E-state index contributed by atoms with van der Waals surface area (Å²) in [6, 6.07) is 8.34. The van der Waals surface area contributed by atoms with Crippen LogP contribution in [0.15, 0.2) is 24.3 Å². The number of benzene rings is 1. The minimum atomic E-state index is -0.614. The summed E-state index contributed by atoms with van der Waals surface area (Å²) < 4.78 is 0. The molecule has 0 aromatic heterocycles. The third-order valence-electron chi connectivity index (χ3n) is 8.15. The molecule has 174 valence electrons. The van der Waals surface area contributed by atoms with Crippen LogP contribution in [0.25, 0.3) is 0 Å². The highest BCUT2D eigenvalue weighted by Gasteiger charge is 2.42. The number of amides is 3. The van der Waals surface area contributed by atoms with Gasteiger partial charge in [0.25, 0.3) is 0 Å².